The number of nitrogens with one attached hydrogen (secondary N) is 2. The van der Waals surface area contributed by atoms with Crippen LogP contribution in [0.15, 0.2) is 23.7 Å². The van der Waals surface area contributed by atoms with Gasteiger partial charge in [-0.05, 0) is 24.6 Å². The lowest BCUT2D eigenvalue weighted by atomic mass is 10.3. The van der Waals surface area contributed by atoms with E-state index in [9.17, 15) is 14.4 Å². The Hall–Kier alpha value is -3.01. The van der Waals surface area contributed by atoms with Crippen LogP contribution >= 0.6 is 11.3 Å². The molecule has 27 heavy (non-hydrogen) atoms. The molecule has 10 heteroatoms. The number of nitrogens with zero attached hydrogens (tertiary/aromatic N) is 4. The number of aromatic nitrogens is 2. The second-order valence-corrected chi connectivity index (χ2v) is 7.03. The van der Waals surface area contributed by atoms with Gasteiger partial charge in [-0.3, -0.25) is 14.5 Å². The first-order valence-electron chi connectivity index (χ1n) is 8.38. The molecule has 1 saturated heterocycles. The summed E-state index contributed by atoms with van der Waals surface area (Å²) >= 11 is 1.32. The summed E-state index contributed by atoms with van der Waals surface area (Å²) in [6, 6.07) is 3.41. The third-order valence-corrected chi connectivity index (χ3v) is 4.86. The lowest BCUT2D eigenvalue weighted by Gasteiger charge is -2.16. The molecule has 1 aliphatic rings. The zero-order chi connectivity index (χ0) is 19.4. The third kappa shape index (κ3) is 4.79. The Morgan fingerprint density at radius 1 is 1.44 bits per heavy atom. The summed E-state index contributed by atoms with van der Waals surface area (Å²) in [6.07, 6.45) is 1.68. The molecule has 0 aliphatic carbocycles. The number of urea groups is 1. The fourth-order valence-corrected chi connectivity index (χ4v) is 3.38. The number of rotatable bonds is 6. The van der Waals surface area contributed by atoms with Crippen LogP contribution in [0.2, 0.25) is 0 Å². The molecule has 0 radical (unpaired) electrons. The summed E-state index contributed by atoms with van der Waals surface area (Å²) in [5, 5.41) is 7.70. The molecule has 1 aliphatic heterocycles. The summed E-state index contributed by atoms with van der Waals surface area (Å²) in [5.41, 5.74) is 1.56. The molecule has 2 N–H and O–H groups in total. The maximum absolute atomic E-state index is 12.4. The Labute approximate surface area is 160 Å². The first-order valence-corrected chi connectivity index (χ1v) is 9.26. The van der Waals surface area contributed by atoms with E-state index < -0.39 is 0 Å². The molecule has 0 saturated carbocycles. The van der Waals surface area contributed by atoms with Gasteiger partial charge >= 0.3 is 6.03 Å². The highest BCUT2D eigenvalue weighted by atomic mass is 32.1. The number of anilines is 2. The van der Waals surface area contributed by atoms with Crippen molar-refractivity contribution in [3.63, 3.8) is 0 Å². The quantitative estimate of drug-likeness (QED) is 0.768. The summed E-state index contributed by atoms with van der Waals surface area (Å²) in [5.74, 6) is -0.101. The molecule has 2 aromatic rings. The standard InChI is InChI=1S/C17H20N6O3S/c1-11-3-4-18-13(7-11)21-14(24)9-22(2)15(25)8-12-10-27-17(20-12)23-6-5-19-16(23)26/h3-4,7,10H,5-6,8-9H2,1-2H3,(H,19,26)(H,18,21,24). The van der Waals surface area contributed by atoms with Crippen molar-refractivity contribution >= 4 is 40.1 Å². The van der Waals surface area contributed by atoms with E-state index in [2.05, 4.69) is 20.6 Å². The molecular formula is C17H20N6O3S. The minimum atomic E-state index is -0.323. The van der Waals surface area contributed by atoms with Gasteiger partial charge in [0.2, 0.25) is 11.8 Å². The van der Waals surface area contributed by atoms with Gasteiger partial charge < -0.3 is 15.5 Å². The highest BCUT2D eigenvalue weighted by Gasteiger charge is 2.24. The zero-order valence-electron chi connectivity index (χ0n) is 15.1. The molecule has 4 amide bonds. The van der Waals surface area contributed by atoms with Crippen LogP contribution in [0.4, 0.5) is 15.7 Å². The van der Waals surface area contributed by atoms with Crippen molar-refractivity contribution in [3.05, 3.63) is 35.0 Å². The van der Waals surface area contributed by atoms with E-state index in [0.717, 1.165) is 5.56 Å². The van der Waals surface area contributed by atoms with Gasteiger partial charge in [-0.1, -0.05) is 0 Å². The maximum Gasteiger partial charge on any atom is 0.323 e. The lowest BCUT2D eigenvalue weighted by Crippen LogP contribution is -2.36. The molecule has 0 aromatic carbocycles. The topological polar surface area (TPSA) is 108 Å². The first-order chi connectivity index (χ1) is 12.9. The van der Waals surface area contributed by atoms with Crippen molar-refractivity contribution < 1.29 is 14.4 Å². The van der Waals surface area contributed by atoms with Gasteiger partial charge in [0.25, 0.3) is 0 Å². The molecule has 142 valence electrons. The van der Waals surface area contributed by atoms with Gasteiger partial charge in [0.15, 0.2) is 5.13 Å². The lowest BCUT2D eigenvalue weighted by molar-refractivity contribution is -0.132. The molecule has 0 atom stereocenters. The van der Waals surface area contributed by atoms with Crippen LogP contribution < -0.4 is 15.5 Å². The molecular weight excluding hydrogens is 368 g/mol. The van der Waals surface area contributed by atoms with Crippen LogP contribution in [0.5, 0.6) is 0 Å². The Morgan fingerprint density at radius 2 is 2.26 bits per heavy atom. The molecule has 1 fully saturated rings. The molecule has 0 spiro atoms. The monoisotopic (exact) mass is 388 g/mol. The van der Waals surface area contributed by atoms with Crippen molar-refractivity contribution in [3.8, 4) is 0 Å². The van der Waals surface area contributed by atoms with Gasteiger partial charge in [0.05, 0.1) is 18.7 Å². The Balaban J connectivity index is 1.52. The summed E-state index contributed by atoms with van der Waals surface area (Å²) in [6.45, 7) is 2.97. The van der Waals surface area contributed by atoms with Crippen molar-refractivity contribution in [2.75, 3.05) is 36.9 Å². The van der Waals surface area contributed by atoms with Gasteiger partial charge in [-0.2, -0.15) is 0 Å². The highest BCUT2D eigenvalue weighted by Crippen LogP contribution is 2.22. The zero-order valence-corrected chi connectivity index (χ0v) is 15.9. The smallest absolute Gasteiger partial charge is 0.323 e. The Bertz CT molecular complexity index is 868. The number of hydrogen-bond acceptors (Lipinski definition) is 6. The number of aryl methyl sites for hydroxylation is 1. The van der Waals surface area contributed by atoms with Crippen LogP contribution in [0.1, 0.15) is 11.3 Å². The molecule has 2 aromatic heterocycles. The van der Waals surface area contributed by atoms with E-state index >= 15 is 0 Å². The number of thiazole rings is 1. The van der Waals surface area contributed by atoms with Crippen molar-refractivity contribution in [1.82, 2.24) is 20.2 Å². The van der Waals surface area contributed by atoms with Crippen LogP contribution in [-0.4, -0.2) is 59.4 Å². The second kappa shape index (κ2) is 8.12. The number of likely N-dealkylation sites (N-methyl/N-ethyl adjacent to an activating group) is 1. The van der Waals surface area contributed by atoms with Gasteiger partial charge in [-0.15, -0.1) is 11.3 Å². The van der Waals surface area contributed by atoms with Crippen molar-refractivity contribution in [1.29, 1.82) is 0 Å². The molecule has 3 rings (SSSR count). The largest absolute Gasteiger partial charge is 0.336 e. The number of amides is 4. The minimum Gasteiger partial charge on any atom is -0.336 e. The van der Waals surface area contributed by atoms with Gasteiger partial charge in [-0.25, -0.2) is 14.8 Å². The van der Waals surface area contributed by atoms with Crippen LogP contribution in [-0.2, 0) is 16.0 Å². The van der Waals surface area contributed by atoms with Crippen molar-refractivity contribution in [2.24, 2.45) is 0 Å². The predicted molar refractivity (Wildman–Crippen MR) is 102 cm³/mol. The predicted octanol–water partition coefficient (Wildman–Crippen LogP) is 1.02. The van der Waals surface area contributed by atoms with E-state index in [4.69, 9.17) is 0 Å². The van der Waals surface area contributed by atoms with Gasteiger partial charge in [0.1, 0.15) is 5.82 Å². The van der Waals surface area contributed by atoms with Crippen molar-refractivity contribution in [2.45, 2.75) is 13.3 Å². The molecule has 0 unspecified atom stereocenters. The Morgan fingerprint density at radius 3 is 2.96 bits per heavy atom. The summed E-state index contributed by atoms with van der Waals surface area (Å²) < 4.78 is 0. The van der Waals surface area contributed by atoms with E-state index in [1.54, 1.807) is 29.6 Å². The number of hydrogen-bond donors (Lipinski definition) is 2. The SMILES string of the molecule is Cc1ccnc(NC(=O)CN(C)C(=O)Cc2csc(N3CCNC3=O)n2)c1. The fraction of sp³-hybridized carbons (Fsp3) is 0.353. The van der Waals surface area contributed by atoms with Crippen LogP contribution in [0.25, 0.3) is 0 Å². The van der Waals surface area contributed by atoms with Crippen LogP contribution in [0.3, 0.4) is 0 Å². The second-order valence-electron chi connectivity index (χ2n) is 6.20. The fourth-order valence-electron chi connectivity index (χ4n) is 2.54. The number of carbonyl (C=O) groups is 3. The minimum absolute atomic E-state index is 0.0679. The average molecular weight is 388 g/mol. The van der Waals surface area contributed by atoms with E-state index in [0.29, 0.717) is 29.7 Å². The molecule has 3 heterocycles. The maximum atomic E-state index is 12.4. The van der Waals surface area contributed by atoms with E-state index in [1.165, 1.54) is 16.2 Å². The normalized spacial score (nSPS) is 13.4. The number of carbonyl (C=O) groups excluding carboxylic acids is 3. The van der Waals surface area contributed by atoms with E-state index in [1.807, 2.05) is 13.0 Å². The molecule has 0 bridgehead atoms. The third-order valence-electron chi connectivity index (χ3n) is 3.95. The molecule has 9 nitrogen and oxygen atoms in total. The first kappa shape index (κ1) is 18.8. The number of pyridine rings is 1. The highest BCUT2D eigenvalue weighted by molar-refractivity contribution is 7.14. The summed E-state index contributed by atoms with van der Waals surface area (Å²) in [7, 11) is 1.56. The van der Waals surface area contributed by atoms with E-state index in [-0.39, 0.29) is 30.8 Å². The van der Waals surface area contributed by atoms with Gasteiger partial charge in [0, 0.05) is 31.7 Å². The van der Waals surface area contributed by atoms with Crippen LogP contribution in [0, 0.1) is 6.92 Å². The summed E-state index contributed by atoms with van der Waals surface area (Å²) in [4.78, 5) is 47.4. The Kier molecular flexibility index (Phi) is 5.65. The average Bonchev–Trinajstić information content (AvgIpc) is 3.23.